The van der Waals surface area contributed by atoms with Crippen LogP contribution in [0.15, 0.2) is 24.3 Å². The van der Waals surface area contributed by atoms with E-state index < -0.39 is 0 Å². The Balaban J connectivity index is 2.14. The van der Waals surface area contributed by atoms with Crippen molar-refractivity contribution in [3.63, 3.8) is 0 Å². The molecule has 1 N–H and O–H groups in total. The average molecular weight is 258 g/mol. The second-order valence-corrected chi connectivity index (χ2v) is 5.16. The molecule has 2 rings (SSSR count). The number of nitriles is 1. The van der Waals surface area contributed by atoms with E-state index >= 15 is 0 Å². The van der Waals surface area contributed by atoms with Crippen LogP contribution in [0.25, 0.3) is 0 Å². The third kappa shape index (κ3) is 3.46. The van der Waals surface area contributed by atoms with Gasteiger partial charge in [0.1, 0.15) is 6.04 Å². The number of anilines is 1. The molecule has 0 aliphatic carbocycles. The zero-order chi connectivity index (χ0) is 13.7. The molecule has 0 aromatic heterocycles. The van der Waals surface area contributed by atoms with Crippen LogP contribution in [0.3, 0.4) is 0 Å². The zero-order valence-corrected chi connectivity index (χ0v) is 11.8. The van der Waals surface area contributed by atoms with Crippen molar-refractivity contribution < 1.29 is 0 Å². The van der Waals surface area contributed by atoms with Crippen molar-refractivity contribution in [3.8, 4) is 6.07 Å². The Labute approximate surface area is 115 Å². The molecule has 0 saturated carbocycles. The van der Waals surface area contributed by atoms with E-state index in [1.807, 2.05) is 14.1 Å². The van der Waals surface area contributed by atoms with E-state index in [-0.39, 0.29) is 6.04 Å². The lowest BCUT2D eigenvalue weighted by Crippen LogP contribution is -2.31. The van der Waals surface area contributed by atoms with Crippen molar-refractivity contribution in [1.29, 1.82) is 5.26 Å². The molecule has 19 heavy (non-hydrogen) atoms. The molecule has 4 nitrogen and oxygen atoms in total. The fourth-order valence-corrected chi connectivity index (χ4v) is 2.45. The van der Waals surface area contributed by atoms with Crippen molar-refractivity contribution in [3.05, 3.63) is 29.8 Å². The minimum atomic E-state index is -0.129. The van der Waals surface area contributed by atoms with Gasteiger partial charge in [0.05, 0.1) is 6.07 Å². The summed E-state index contributed by atoms with van der Waals surface area (Å²) in [5, 5.41) is 12.9. The van der Waals surface area contributed by atoms with E-state index in [0.717, 1.165) is 43.9 Å². The second kappa shape index (κ2) is 6.55. The highest BCUT2D eigenvalue weighted by atomic mass is 15.2. The summed E-state index contributed by atoms with van der Waals surface area (Å²) >= 11 is 0. The molecule has 1 aliphatic heterocycles. The molecule has 1 fully saturated rings. The molecule has 1 unspecified atom stereocenters. The van der Waals surface area contributed by atoms with Crippen LogP contribution in [0.4, 0.5) is 5.69 Å². The average Bonchev–Trinajstić information content (AvgIpc) is 2.69. The maximum Gasteiger partial charge on any atom is 0.123 e. The standard InChI is InChI=1S/C15H22N4/c1-18(2)14-6-4-13(5-7-14)15(12-16)19-10-3-8-17-9-11-19/h4-7,15,17H,3,8-11H2,1-2H3. The highest BCUT2D eigenvalue weighted by Crippen LogP contribution is 2.23. The molecule has 4 heteroatoms. The molecule has 1 saturated heterocycles. The van der Waals surface area contributed by atoms with Crippen molar-refractivity contribution in [2.75, 3.05) is 45.2 Å². The van der Waals surface area contributed by atoms with Gasteiger partial charge in [-0.2, -0.15) is 5.26 Å². The van der Waals surface area contributed by atoms with Crippen molar-refractivity contribution in [2.45, 2.75) is 12.5 Å². The lowest BCUT2D eigenvalue weighted by atomic mass is 10.1. The lowest BCUT2D eigenvalue weighted by Gasteiger charge is -2.25. The third-order valence-corrected chi connectivity index (χ3v) is 3.59. The summed E-state index contributed by atoms with van der Waals surface area (Å²) < 4.78 is 0. The van der Waals surface area contributed by atoms with E-state index in [9.17, 15) is 5.26 Å². The molecular formula is C15H22N4. The van der Waals surface area contributed by atoms with Crippen LogP contribution >= 0.6 is 0 Å². The van der Waals surface area contributed by atoms with Crippen LogP contribution in [-0.2, 0) is 0 Å². The topological polar surface area (TPSA) is 42.3 Å². The number of hydrogen-bond acceptors (Lipinski definition) is 4. The van der Waals surface area contributed by atoms with Crippen LogP contribution in [0, 0.1) is 11.3 Å². The molecule has 0 radical (unpaired) electrons. The van der Waals surface area contributed by atoms with Gasteiger partial charge in [-0.3, -0.25) is 4.90 Å². The first-order chi connectivity index (χ1) is 9.22. The van der Waals surface area contributed by atoms with Gasteiger partial charge >= 0.3 is 0 Å². The van der Waals surface area contributed by atoms with E-state index in [4.69, 9.17) is 0 Å². The van der Waals surface area contributed by atoms with E-state index in [0.29, 0.717) is 0 Å². The van der Waals surface area contributed by atoms with E-state index in [1.54, 1.807) is 0 Å². The Bertz CT molecular complexity index is 424. The quantitative estimate of drug-likeness (QED) is 0.894. The fourth-order valence-electron chi connectivity index (χ4n) is 2.45. The number of rotatable bonds is 3. The number of nitrogens with one attached hydrogen (secondary N) is 1. The van der Waals surface area contributed by atoms with E-state index in [1.165, 1.54) is 0 Å². The summed E-state index contributed by atoms with van der Waals surface area (Å²) in [7, 11) is 4.05. The summed E-state index contributed by atoms with van der Waals surface area (Å²) in [6, 6.07) is 10.6. The van der Waals surface area contributed by atoms with E-state index in [2.05, 4.69) is 45.5 Å². The largest absolute Gasteiger partial charge is 0.378 e. The smallest absolute Gasteiger partial charge is 0.123 e. The van der Waals surface area contributed by atoms with Gasteiger partial charge in [0.15, 0.2) is 0 Å². The number of hydrogen-bond donors (Lipinski definition) is 1. The van der Waals surface area contributed by atoms with Crippen molar-refractivity contribution >= 4 is 5.69 Å². The summed E-state index contributed by atoms with van der Waals surface area (Å²) in [5.74, 6) is 0. The summed E-state index contributed by atoms with van der Waals surface area (Å²) in [4.78, 5) is 4.34. The lowest BCUT2D eigenvalue weighted by molar-refractivity contribution is 0.252. The summed E-state index contributed by atoms with van der Waals surface area (Å²) in [6.07, 6.45) is 1.11. The van der Waals surface area contributed by atoms with Gasteiger partial charge in [0, 0.05) is 39.4 Å². The molecule has 0 bridgehead atoms. The summed E-state index contributed by atoms with van der Waals surface area (Å²) in [5.41, 5.74) is 2.26. The van der Waals surface area contributed by atoms with Crippen LogP contribution in [-0.4, -0.2) is 45.2 Å². The van der Waals surface area contributed by atoms with Gasteiger partial charge < -0.3 is 10.2 Å². The first-order valence-corrected chi connectivity index (χ1v) is 6.84. The predicted octanol–water partition coefficient (Wildman–Crippen LogP) is 1.61. The van der Waals surface area contributed by atoms with Gasteiger partial charge in [-0.05, 0) is 30.7 Å². The molecule has 102 valence electrons. The van der Waals surface area contributed by atoms with Gasteiger partial charge in [-0.15, -0.1) is 0 Å². The monoisotopic (exact) mass is 258 g/mol. The summed E-state index contributed by atoms with van der Waals surface area (Å²) in [6.45, 7) is 3.94. The first kappa shape index (κ1) is 13.9. The molecule has 0 amide bonds. The maximum atomic E-state index is 9.48. The minimum absolute atomic E-state index is 0.129. The van der Waals surface area contributed by atoms with Gasteiger partial charge in [0.2, 0.25) is 0 Å². The van der Waals surface area contributed by atoms with Crippen molar-refractivity contribution in [1.82, 2.24) is 10.2 Å². The van der Waals surface area contributed by atoms with Gasteiger partial charge in [-0.1, -0.05) is 12.1 Å². The molecule has 1 heterocycles. The van der Waals surface area contributed by atoms with Gasteiger partial charge in [-0.25, -0.2) is 0 Å². The SMILES string of the molecule is CN(C)c1ccc(C(C#N)N2CCCNCC2)cc1. The fraction of sp³-hybridized carbons (Fsp3) is 0.533. The normalized spacial score (nSPS) is 18.4. The Morgan fingerprint density at radius 2 is 1.95 bits per heavy atom. The van der Waals surface area contributed by atoms with Crippen molar-refractivity contribution in [2.24, 2.45) is 0 Å². The molecule has 0 spiro atoms. The third-order valence-electron chi connectivity index (χ3n) is 3.59. The number of benzene rings is 1. The Hall–Kier alpha value is -1.57. The highest BCUT2D eigenvalue weighted by molar-refractivity contribution is 5.47. The minimum Gasteiger partial charge on any atom is -0.378 e. The Morgan fingerprint density at radius 3 is 2.58 bits per heavy atom. The van der Waals surface area contributed by atoms with Crippen LogP contribution in [0.2, 0.25) is 0 Å². The van der Waals surface area contributed by atoms with Crippen LogP contribution in [0.1, 0.15) is 18.0 Å². The predicted molar refractivity (Wildman–Crippen MR) is 78.2 cm³/mol. The Kier molecular flexibility index (Phi) is 4.78. The Morgan fingerprint density at radius 1 is 1.21 bits per heavy atom. The van der Waals surface area contributed by atoms with Crippen LogP contribution < -0.4 is 10.2 Å². The molecule has 1 aliphatic rings. The first-order valence-electron chi connectivity index (χ1n) is 6.84. The van der Waals surface area contributed by atoms with Crippen LogP contribution in [0.5, 0.6) is 0 Å². The zero-order valence-electron chi connectivity index (χ0n) is 11.8. The second-order valence-electron chi connectivity index (χ2n) is 5.16. The van der Waals surface area contributed by atoms with Gasteiger partial charge in [0.25, 0.3) is 0 Å². The highest BCUT2D eigenvalue weighted by Gasteiger charge is 2.20. The maximum absolute atomic E-state index is 9.48. The molecule has 1 aromatic carbocycles. The molecule has 1 atom stereocenters. The number of nitrogens with zero attached hydrogens (tertiary/aromatic N) is 3. The molecular weight excluding hydrogens is 236 g/mol. The molecule has 1 aromatic rings.